The van der Waals surface area contributed by atoms with E-state index in [1.165, 1.54) is 6.42 Å². The average molecular weight is 272 g/mol. The lowest BCUT2D eigenvalue weighted by molar-refractivity contribution is 0.298. The number of hydrogen-bond donors (Lipinski definition) is 1. The number of nitrogens with one attached hydrogen (secondary N) is 1. The molecule has 1 aliphatic carbocycles. The van der Waals surface area contributed by atoms with E-state index < -0.39 is 0 Å². The Kier molecular flexibility index (Phi) is 3.45. The highest BCUT2D eigenvalue weighted by molar-refractivity contribution is 5.85. The van der Waals surface area contributed by atoms with Crippen molar-refractivity contribution in [2.45, 2.75) is 51.4 Å². The van der Waals surface area contributed by atoms with Gasteiger partial charge in [0, 0.05) is 11.3 Å². The summed E-state index contributed by atoms with van der Waals surface area (Å²) in [7, 11) is 0. The molecule has 5 heteroatoms. The number of rotatable bonds is 2. The molecule has 0 aromatic carbocycles. The third kappa shape index (κ3) is 2.28. The van der Waals surface area contributed by atoms with Crippen LogP contribution < -0.4 is 5.32 Å². The molecule has 18 heavy (non-hydrogen) atoms. The molecule has 2 heterocycles. The van der Waals surface area contributed by atoms with Crippen molar-refractivity contribution in [1.82, 2.24) is 15.5 Å². The molecule has 0 bridgehead atoms. The largest absolute Gasteiger partial charge is 0.339 e. The summed E-state index contributed by atoms with van der Waals surface area (Å²) in [6, 6.07) is 0. The lowest BCUT2D eigenvalue weighted by atomic mass is 9.80. The minimum absolute atomic E-state index is 0. The Labute approximate surface area is 114 Å². The van der Waals surface area contributed by atoms with Crippen LogP contribution in [-0.2, 0) is 5.41 Å². The molecule has 3 rings (SSSR count). The lowest BCUT2D eigenvalue weighted by Gasteiger charge is -2.30. The summed E-state index contributed by atoms with van der Waals surface area (Å²) in [5.41, 5.74) is 0.463. The van der Waals surface area contributed by atoms with Gasteiger partial charge in [-0.05, 0) is 37.8 Å². The first-order valence-corrected chi connectivity index (χ1v) is 6.56. The molecule has 1 aromatic heterocycles. The number of piperidine rings is 1. The average Bonchev–Trinajstić information content (AvgIpc) is 2.76. The first-order chi connectivity index (χ1) is 8.01. The molecular formula is C13H22ClN3O. The molecule has 0 amide bonds. The van der Waals surface area contributed by atoms with Crippen molar-refractivity contribution in [2.24, 2.45) is 5.41 Å². The van der Waals surface area contributed by atoms with Crippen LogP contribution in [0.1, 0.15) is 57.7 Å². The SMILES string of the molecule is CC1(c2noc(C3CC3(C)C)n2)CCNCC1.Cl. The molecule has 4 nitrogen and oxygen atoms in total. The summed E-state index contributed by atoms with van der Waals surface area (Å²) in [6.07, 6.45) is 3.37. The Balaban J connectivity index is 0.00000120. The maximum absolute atomic E-state index is 5.46. The number of aromatic nitrogens is 2. The van der Waals surface area contributed by atoms with Crippen LogP contribution in [0.3, 0.4) is 0 Å². The van der Waals surface area contributed by atoms with Gasteiger partial charge in [0.1, 0.15) is 0 Å². The van der Waals surface area contributed by atoms with Gasteiger partial charge in [-0.25, -0.2) is 0 Å². The smallest absolute Gasteiger partial charge is 0.230 e. The highest BCUT2D eigenvalue weighted by Gasteiger charge is 2.50. The molecule has 1 N–H and O–H groups in total. The summed E-state index contributed by atoms with van der Waals surface area (Å²) in [5.74, 6) is 2.25. The molecule has 2 fully saturated rings. The van der Waals surface area contributed by atoms with E-state index in [0.29, 0.717) is 11.3 Å². The second kappa shape index (κ2) is 4.49. The van der Waals surface area contributed by atoms with Gasteiger partial charge in [0.25, 0.3) is 0 Å². The zero-order valence-electron chi connectivity index (χ0n) is 11.3. The van der Waals surface area contributed by atoms with Gasteiger partial charge in [-0.2, -0.15) is 4.98 Å². The van der Waals surface area contributed by atoms with E-state index in [2.05, 4.69) is 36.2 Å². The van der Waals surface area contributed by atoms with Gasteiger partial charge >= 0.3 is 0 Å². The van der Waals surface area contributed by atoms with Gasteiger partial charge < -0.3 is 9.84 Å². The molecule has 1 unspecified atom stereocenters. The quantitative estimate of drug-likeness (QED) is 0.898. The van der Waals surface area contributed by atoms with E-state index in [9.17, 15) is 0 Å². The fourth-order valence-corrected chi connectivity index (χ4v) is 2.71. The molecule has 102 valence electrons. The fraction of sp³-hybridized carbons (Fsp3) is 0.846. The van der Waals surface area contributed by atoms with Gasteiger partial charge in [0.05, 0.1) is 0 Å². The second-order valence-corrected chi connectivity index (χ2v) is 6.51. The molecule has 1 saturated heterocycles. The van der Waals surface area contributed by atoms with Crippen molar-refractivity contribution in [3.8, 4) is 0 Å². The predicted molar refractivity (Wildman–Crippen MR) is 72.1 cm³/mol. The third-order valence-corrected chi connectivity index (χ3v) is 4.50. The van der Waals surface area contributed by atoms with Crippen LogP contribution in [0.5, 0.6) is 0 Å². The van der Waals surface area contributed by atoms with Crippen LogP contribution in [0, 0.1) is 5.41 Å². The minimum Gasteiger partial charge on any atom is -0.339 e. The molecule has 2 aliphatic rings. The number of halogens is 1. The highest BCUT2D eigenvalue weighted by atomic mass is 35.5. The van der Waals surface area contributed by atoms with Gasteiger partial charge in [-0.3, -0.25) is 0 Å². The zero-order valence-corrected chi connectivity index (χ0v) is 12.1. The van der Waals surface area contributed by atoms with E-state index >= 15 is 0 Å². The third-order valence-electron chi connectivity index (χ3n) is 4.50. The normalized spacial score (nSPS) is 28.5. The van der Waals surface area contributed by atoms with Crippen LogP contribution in [0.15, 0.2) is 4.52 Å². The van der Waals surface area contributed by atoms with Crippen molar-refractivity contribution in [1.29, 1.82) is 0 Å². The molecule has 1 aromatic rings. The summed E-state index contributed by atoms with van der Waals surface area (Å²) in [5, 5.41) is 7.60. The van der Waals surface area contributed by atoms with E-state index in [1.807, 2.05) is 0 Å². The Morgan fingerprint density at radius 1 is 1.22 bits per heavy atom. The number of nitrogens with zero attached hydrogens (tertiary/aromatic N) is 2. The molecule has 0 spiro atoms. The number of hydrogen-bond acceptors (Lipinski definition) is 4. The highest BCUT2D eigenvalue weighted by Crippen LogP contribution is 2.58. The minimum atomic E-state index is 0. The van der Waals surface area contributed by atoms with Crippen LogP contribution in [0.2, 0.25) is 0 Å². The Bertz CT molecular complexity index is 424. The Hall–Kier alpha value is -0.610. The molecule has 1 saturated carbocycles. The topological polar surface area (TPSA) is 51.0 Å². The van der Waals surface area contributed by atoms with Crippen molar-refractivity contribution < 1.29 is 4.52 Å². The molecule has 1 atom stereocenters. The van der Waals surface area contributed by atoms with Crippen LogP contribution in [0.25, 0.3) is 0 Å². The fourth-order valence-electron chi connectivity index (χ4n) is 2.71. The van der Waals surface area contributed by atoms with E-state index in [4.69, 9.17) is 4.52 Å². The van der Waals surface area contributed by atoms with Crippen molar-refractivity contribution in [3.63, 3.8) is 0 Å². The van der Waals surface area contributed by atoms with E-state index in [0.717, 1.165) is 37.6 Å². The second-order valence-electron chi connectivity index (χ2n) is 6.51. The van der Waals surface area contributed by atoms with Crippen LogP contribution in [-0.4, -0.2) is 23.2 Å². The maximum Gasteiger partial charge on any atom is 0.230 e. The first-order valence-electron chi connectivity index (χ1n) is 6.56. The standard InChI is InChI=1S/C13H21N3O.ClH/c1-12(2)8-9(12)10-15-11(16-17-10)13(3)4-6-14-7-5-13;/h9,14H,4-8H2,1-3H3;1H. The maximum atomic E-state index is 5.46. The summed E-state index contributed by atoms with van der Waals surface area (Å²) in [6.45, 7) is 8.87. The van der Waals surface area contributed by atoms with Gasteiger partial charge in [-0.1, -0.05) is 25.9 Å². The van der Waals surface area contributed by atoms with Crippen molar-refractivity contribution in [2.75, 3.05) is 13.1 Å². The van der Waals surface area contributed by atoms with Crippen LogP contribution >= 0.6 is 12.4 Å². The Morgan fingerprint density at radius 2 is 1.83 bits per heavy atom. The molecular weight excluding hydrogens is 250 g/mol. The zero-order chi connectivity index (χ0) is 12.1. The van der Waals surface area contributed by atoms with Crippen molar-refractivity contribution in [3.05, 3.63) is 11.7 Å². The van der Waals surface area contributed by atoms with Gasteiger partial charge in [0.2, 0.25) is 5.89 Å². The van der Waals surface area contributed by atoms with E-state index in [1.54, 1.807) is 0 Å². The lowest BCUT2D eigenvalue weighted by Crippen LogP contribution is -2.38. The van der Waals surface area contributed by atoms with Gasteiger partial charge in [-0.15, -0.1) is 12.4 Å². The van der Waals surface area contributed by atoms with Crippen LogP contribution in [0.4, 0.5) is 0 Å². The molecule has 0 radical (unpaired) electrons. The summed E-state index contributed by atoms with van der Waals surface area (Å²) >= 11 is 0. The monoisotopic (exact) mass is 271 g/mol. The summed E-state index contributed by atoms with van der Waals surface area (Å²) < 4.78 is 5.46. The van der Waals surface area contributed by atoms with Gasteiger partial charge in [0.15, 0.2) is 5.82 Å². The predicted octanol–water partition coefficient (Wildman–Crippen LogP) is 2.65. The van der Waals surface area contributed by atoms with Crippen molar-refractivity contribution >= 4 is 12.4 Å². The van der Waals surface area contributed by atoms with E-state index in [-0.39, 0.29) is 17.8 Å². The first kappa shape index (κ1) is 13.8. The summed E-state index contributed by atoms with van der Waals surface area (Å²) in [4.78, 5) is 4.66. The Morgan fingerprint density at radius 3 is 2.39 bits per heavy atom. The molecule has 1 aliphatic heterocycles.